The lowest BCUT2D eigenvalue weighted by Crippen LogP contribution is -2.59. The molecule has 31 heavy (non-hydrogen) atoms. The van der Waals surface area contributed by atoms with Crippen LogP contribution in [0.15, 0.2) is 36.4 Å². The summed E-state index contributed by atoms with van der Waals surface area (Å²) in [5.41, 5.74) is 8.62. The summed E-state index contributed by atoms with van der Waals surface area (Å²) in [5.74, 6) is 0. The Morgan fingerprint density at radius 2 is 0.839 bits per heavy atom. The summed E-state index contributed by atoms with van der Waals surface area (Å²) in [6.07, 6.45) is 0. The summed E-state index contributed by atoms with van der Waals surface area (Å²) in [6, 6.07) is 15.6. The first-order valence-corrected chi connectivity index (χ1v) is 17.0. The van der Waals surface area contributed by atoms with Gasteiger partial charge in [0.25, 0.3) is 0 Å². The van der Waals surface area contributed by atoms with Crippen LogP contribution in [0.2, 0.25) is 23.2 Å². The van der Waals surface area contributed by atoms with E-state index in [-0.39, 0.29) is 10.1 Å². The molecular formula is C28H46OSi2. The van der Waals surface area contributed by atoms with Gasteiger partial charge in [-0.1, -0.05) is 77.9 Å². The van der Waals surface area contributed by atoms with Crippen LogP contribution in [-0.4, -0.2) is 16.6 Å². The van der Waals surface area contributed by atoms with Crippen molar-refractivity contribution in [3.63, 3.8) is 0 Å². The maximum atomic E-state index is 7.66. The van der Waals surface area contributed by atoms with Crippen molar-refractivity contribution in [3.05, 3.63) is 69.8 Å². The Morgan fingerprint density at radius 3 is 1.06 bits per heavy atom. The Balaban J connectivity index is 2.57. The highest BCUT2D eigenvalue weighted by molar-refractivity contribution is 6.88. The smallest absolute Gasteiger partial charge is 0.186 e. The van der Waals surface area contributed by atoms with E-state index >= 15 is 0 Å². The normalized spacial score (nSPS) is 16.6. The molecule has 0 aliphatic carbocycles. The quantitative estimate of drug-likeness (QED) is 0.397. The molecule has 1 nitrogen and oxygen atoms in total. The third kappa shape index (κ3) is 5.61. The van der Waals surface area contributed by atoms with Crippen LogP contribution < -0.4 is 0 Å². The highest BCUT2D eigenvalue weighted by Crippen LogP contribution is 2.48. The fraction of sp³-hybridized carbons (Fsp3) is 0.571. The topological polar surface area (TPSA) is 9.23 Å². The van der Waals surface area contributed by atoms with Crippen molar-refractivity contribution in [1.82, 2.24) is 0 Å². The highest BCUT2D eigenvalue weighted by Gasteiger charge is 2.52. The van der Waals surface area contributed by atoms with E-state index in [0.29, 0.717) is 0 Å². The van der Waals surface area contributed by atoms with E-state index in [1.807, 2.05) is 0 Å². The van der Waals surface area contributed by atoms with Crippen LogP contribution in [-0.2, 0) is 16.2 Å². The predicted molar refractivity (Wildman–Crippen MR) is 143 cm³/mol. The molecule has 172 valence electrons. The number of hydrogen-bond acceptors (Lipinski definition) is 1. The minimum atomic E-state index is -2.13. The lowest BCUT2D eigenvalue weighted by molar-refractivity contribution is 0.431. The monoisotopic (exact) mass is 454 g/mol. The zero-order valence-electron chi connectivity index (χ0n) is 22.3. The molecule has 0 aliphatic heterocycles. The molecule has 2 unspecified atom stereocenters. The largest absolute Gasteiger partial charge is 0.454 e. The van der Waals surface area contributed by atoms with Gasteiger partial charge in [0.05, 0.1) is 0 Å². The van der Waals surface area contributed by atoms with Gasteiger partial charge >= 0.3 is 0 Å². The lowest BCUT2D eigenvalue weighted by atomic mass is 10.1. The van der Waals surface area contributed by atoms with Gasteiger partial charge in [0.2, 0.25) is 0 Å². The molecule has 0 amide bonds. The molecule has 3 heteroatoms. The van der Waals surface area contributed by atoms with Crippen molar-refractivity contribution in [1.29, 1.82) is 0 Å². The van der Waals surface area contributed by atoms with Crippen LogP contribution in [0.4, 0.5) is 0 Å². The molecule has 0 aliphatic rings. The number of rotatable bonds is 6. The first kappa shape index (κ1) is 26.1. The minimum Gasteiger partial charge on any atom is -0.454 e. The van der Waals surface area contributed by atoms with Crippen LogP contribution in [0, 0.1) is 27.7 Å². The third-order valence-electron chi connectivity index (χ3n) is 7.94. The van der Waals surface area contributed by atoms with E-state index in [2.05, 4.69) is 119 Å². The highest BCUT2D eigenvalue weighted by atomic mass is 28.4. The van der Waals surface area contributed by atoms with Crippen LogP contribution in [0.3, 0.4) is 0 Å². The fourth-order valence-corrected chi connectivity index (χ4v) is 14.9. The lowest BCUT2D eigenvalue weighted by Gasteiger charge is -2.51. The molecule has 0 aromatic heterocycles. The summed E-state index contributed by atoms with van der Waals surface area (Å²) in [7, 11) is -4.25. The molecule has 0 saturated carbocycles. The zero-order valence-corrected chi connectivity index (χ0v) is 24.3. The first-order valence-electron chi connectivity index (χ1n) is 11.8. The Morgan fingerprint density at radius 1 is 0.581 bits per heavy atom. The molecular weight excluding hydrogens is 408 g/mol. The van der Waals surface area contributed by atoms with E-state index in [4.69, 9.17) is 4.12 Å². The molecule has 0 radical (unpaired) electrons. The van der Waals surface area contributed by atoms with Gasteiger partial charge in [-0.3, -0.25) is 0 Å². The van der Waals surface area contributed by atoms with E-state index in [0.717, 1.165) is 12.1 Å². The van der Waals surface area contributed by atoms with E-state index in [1.54, 1.807) is 0 Å². The third-order valence-corrected chi connectivity index (χ3v) is 19.9. The molecule has 0 saturated heterocycles. The Hall–Kier alpha value is -1.17. The maximum Gasteiger partial charge on any atom is 0.186 e. The first-order chi connectivity index (χ1) is 14.0. The standard InChI is InChI=1S/C28H46OSi2/c1-21-15-13-16-22(2)25(21)19-30(11,27(5,6)7)29-31(12,28(8,9)10)20-26-23(3)17-14-18-24(26)4/h13-18H,19-20H2,1-12H3. The van der Waals surface area contributed by atoms with Gasteiger partial charge in [-0.15, -0.1) is 0 Å². The molecule has 0 heterocycles. The van der Waals surface area contributed by atoms with Crippen molar-refractivity contribution >= 4 is 16.6 Å². The Labute approximate surface area is 194 Å². The van der Waals surface area contributed by atoms with Gasteiger partial charge in [-0.05, 0) is 96.3 Å². The van der Waals surface area contributed by atoms with E-state index in [1.165, 1.54) is 33.4 Å². The Kier molecular flexibility index (Phi) is 7.57. The molecule has 0 fully saturated rings. The second-order valence-electron chi connectivity index (χ2n) is 12.2. The summed E-state index contributed by atoms with van der Waals surface area (Å²) >= 11 is 0. The summed E-state index contributed by atoms with van der Waals surface area (Å²) in [5, 5.41) is 0.310. The SMILES string of the molecule is Cc1cccc(C)c1C[Si](C)(O[Si](C)(Cc1c(C)cccc1C)C(C)(C)C)C(C)(C)C. The van der Waals surface area contributed by atoms with Gasteiger partial charge in [-0.2, -0.15) is 0 Å². The van der Waals surface area contributed by atoms with Crippen molar-refractivity contribution < 1.29 is 4.12 Å². The average Bonchev–Trinajstić information content (AvgIpc) is 2.60. The summed E-state index contributed by atoms with van der Waals surface area (Å²) in [4.78, 5) is 0. The molecule has 2 rings (SSSR count). The predicted octanol–water partition coefficient (Wildman–Crippen LogP) is 8.55. The Bertz CT molecular complexity index is 804. The van der Waals surface area contributed by atoms with Gasteiger partial charge < -0.3 is 4.12 Å². The number of benzene rings is 2. The van der Waals surface area contributed by atoms with E-state index < -0.39 is 16.6 Å². The number of aryl methyl sites for hydroxylation is 4. The van der Waals surface area contributed by atoms with Gasteiger partial charge in [-0.25, -0.2) is 0 Å². The van der Waals surface area contributed by atoms with Crippen LogP contribution in [0.1, 0.15) is 74.9 Å². The molecule has 0 N–H and O–H groups in total. The molecule has 2 aromatic carbocycles. The van der Waals surface area contributed by atoms with E-state index in [9.17, 15) is 0 Å². The van der Waals surface area contributed by atoms with Crippen molar-refractivity contribution in [2.45, 2.75) is 104 Å². The number of hydrogen-bond donors (Lipinski definition) is 0. The van der Waals surface area contributed by atoms with Crippen molar-refractivity contribution in [2.24, 2.45) is 0 Å². The maximum absolute atomic E-state index is 7.66. The van der Waals surface area contributed by atoms with Gasteiger partial charge in [0.1, 0.15) is 0 Å². The van der Waals surface area contributed by atoms with Crippen LogP contribution >= 0.6 is 0 Å². The molecule has 0 bridgehead atoms. The van der Waals surface area contributed by atoms with Crippen LogP contribution in [0.25, 0.3) is 0 Å². The fourth-order valence-electron chi connectivity index (χ4n) is 4.34. The van der Waals surface area contributed by atoms with Crippen LogP contribution in [0.5, 0.6) is 0 Å². The second kappa shape index (κ2) is 8.99. The molecule has 2 atom stereocenters. The van der Waals surface area contributed by atoms with Crippen molar-refractivity contribution in [2.75, 3.05) is 0 Å². The zero-order chi connectivity index (χ0) is 23.8. The summed E-state index contributed by atoms with van der Waals surface area (Å²) in [6.45, 7) is 28.5. The second-order valence-corrected chi connectivity index (χ2v) is 21.6. The van der Waals surface area contributed by atoms with Gasteiger partial charge in [0, 0.05) is 0 Å². The average molecular weight is 455 g/mol. The molecule has 0 spiro atoms. The van der Waals surface area contributed by atoms with Crippen molar-refractivity contribution in [3.8, 4) is 0 Å². The molecule has 2 aromatic rings. The summed E-state index contributed by atoms with van der Waals surface area (Å²) < 4.78 is 7.66. The van der Waals surface area contributed by atoms with Gasteiger partial charge in [0.15, 0.2) is 16.6 Å². The minimum absolute atomic E-state index is 0.155.